The third-order valence-electron chi connectivity index (χ3n) is 4.40. The number of allylic oxidation sites excluding steroid dienone is 1. The molecule has 0 bridgehead atoms. The van der Waals surface area contributed by atoms with E-state index in [0.717, 1.165) is 25.5 Å². The maximum Gasteiger partial charge on any atom is 0.0751 e. The van der Waals surface area contributed by atoms with Gasteiger partial charge in [0.05, 0.1) is 12.4 Å². The van der Waals surface area contributed by atoms with Crippen molar-refractivity contribution < 1.29 is 10.2 Å². The second kappa shape index (κ2) is 18.5. The fraction of sp³-hybridized carbons (Fsp3) is 0.900. The highest BCUT2D eigenvalue weighted by atomic mass is 16.3. The van der Waals surface area contributed by atoms with Crippen molar-refractivity contribution in [2.45, 2.75) is 116 Å². The maximum absolute atomic E-state index is 9.89. The van der Waals surface area contributed by atoms with Crippen LogP contribution in [0.5, 0.6) is 0 Å². The maximum atomic E-state index is 9.89. The van der Waals surface area contributed by atoms with Crippen LogP contribution in [0.4, 0.5) is 0 Å². The van der Waals surface area contributed by atoms with Gasteiger partial charge in [-0.2, -0.15) is 0 Å². The van der Waals surface area contributed by atoms with Gasteiger partial charge in [0.2, 0.25) is 0 Å². The molecule has 0 saturated heterocycles. The monoisotopic (exact) mass is 312 g/mol. The van der Waals surface area contributed by atoms with Gasteiger partial charge in [0, 0.05) is 0 Å². The molecule has 22 heavy (non-hydrogen) atoms. The lowest BCUT2D eigenvalue weighted by Crippen LogP contribution is -2.05. The Balaban J connectivity index is 3.10. The molecule has 0 aromatic rings. The molecule has 1 atom stereocenters. The summed E-state index contributed by atoms with van der Waals surface area (Å²) in [6.45, 7) is 2.23. The van der Waals surface area contributed by atoms with E-state index in [1.54, 1.807) is 0 Å². The summed E-state index contributed by atoms with van der Waals surface area (Å²) < 4.78 is 0. The van der Waals surface area contributed by atoms with Crippen LogP contribution in [0.2, 0.25) is 0 Å². The highest BCUT2D eigenvalue weighted by molar-refractivity contribution is 4.70. The van der Waals surface area contributed by atoms with Gasteiger partial charge < -0.3 is 10.2 Å². The molecular formula is C20H40O2. The molecule has 0 spiro atoms. The summed E-state index contributed by atoms with van der Waals surface area (Å²) in [5, 5.41) is 18.4. The van der Waals surface area contributed by atoms with E-state index in [9.17, 15) is 5.11 Å². The van der Waals surface area contributed by atoms with E-state index in [1.165, 1.54) is 83.5 Å². The lowest BCUT2D eigenvalue weighted by Gasteiger charge is -2.10. The van der Waals surface area contributed by atoms with Crippen LogP contribution in [-0.4, -0.2) is 16.3 Å². The van der Waals surface area contributed by atoms with E-state index < -0.39 is 0 Å². The number of unbranched alkanes of at least 4 members (excludes halogenated alkanes) is 12. The molecule has 0 aromatic heterocycles. The number of hydrogen-bond acceptors (Lipinski definition) is 2. The van der Waals surface area contributed by atoms with Crippen molar-refractivity contribution >= 4 is 0 Å². The molecule has 0 heterocycles. The van der Waals surface area contributed by atoms with E-state index >= 15 is 0 Å². The van der Waals surface area contributed by atoms with E-state index in [4.69, 9.17) is 5.11 Å². The number of rotatable bonds is 17. The first-order valence-electron chi connectivity index (χ1n) is 9.78. The topological polar surface area (TPSA) is 40.5 Å². The fourth-order valence-corrected chi connectivity index (χ4v) is 2.91. The van der Waals surface area contributed by atoms with E-state index in [0.29, 0.717) is 0 Å². The molecule has 0 aliphatic carbocycles. The second-order valence-electron chi connectivity index (χ2n) is 6.65. The Bertz CT molecular complexity index is 226. The molecule has 2 N–H and O–H groups in total. The Morgan fingerprint density at radius 1 is 0.682 bits per heavy atom. The van der Waals surface area contributed by atoms with Crippen LogP contribution < -0.4 is 0 Å². The zero-order chi connectivity index (χ0) is 16.3. The van der Waals surface area contributed by atoms with E-state index in [2.05, 4.69) is 6.92 Å². The predicted molar refractivity (Wildman–Crippen MR) is 97.3 cm³/mol. The molecule has 0 aliphatic rings. The van der Waals surface area contributed by atoms with Crippen molar-refractivity contribution in [2.75, 3.05) is 0 Å². The van der Waals surface area contributed by atoms with Gasteiger partial charge in [-0.25, -0.2) is 0 Å². The third-order valence-corrected chi connectivity index (χ3v) is 4.40. The quantitative estimate of drug-likeness (QED) is 0.232. The first kappa shape index (κ1) is 21.5. The van der Waals surface area contributed by atoms with Crippen molar-refractivity contribution in [2.24, 2.45) is 0 Å². The number of aliphatic hydroxyl groups is 2. The van der Waals surface area contributed by atoms with Crippen molar-refractivity contribution in [1.29, 1.82) is 0 Å². The van der Waals surface area contributed by atoms with Crippen LogP contribution >= 0.6 is 0 Å². The Kier molecular flexibility index (Phi) is 18.1. The van der Waals surface area contributed by atoms with Crippen LogP contribution in [0.25, 0.3) is 0 Å². The van der Waals surface area contributed by atoms with Crippen LogP contribution in [0.1, 0.15) is 110 Å². The average Bonchev–Trinajstić information content (AvgIpc) is 2.52. The molecule has 2 nitrogen and oxygen atoms in total. The standard InChI is InChI=1S/C20H40O2/c1-2-3-4-14-17-20(22)18-15-12-10-8-6-5-7-9-11-13-16-19-21/h16,19-22H,2-15,17-18H2,1H3. The SMILES string of the molecule is CCCCCCC(O)CCCCCCCCCCCC=CO. The minimum Gasteiger partial charge on any atom is -0.516 e. The lowest BCUT2D eigenvalue weighted by molar-refractivity contribution is 0.147. The Labute approximate surface area is 139 Å². The molecule has 0 rings (SSSR count). The van der Waals surface area contributed by atoms with Gasteiger partial charge in [-0.05, 0) is 25.7 Å². The fourth-order valence-electron chi connectivity index (χ4n) is 2.91. The molecule has 0 aromatic carbocycles. The van der Waals surface area contributed by atoms with Crippen LogP contribution in [0.3, 0.4) is 0 Å². The highest BCUT2D eigenvalue weighted by Crippen LogP contribution is 2.14. The lowest BCUT2D eigenvalue weighted by atomic mass is 10.0. The average molecular weight is 313 g/mol. The summed E-state index contributed by atoms with van der Waals surface area (Å²) in [4.78, 5) is 0. The third kappa shape index (κ3) is 17.6. The largest absolute Gasteiger partial charge is 0.516 e. The molecular weight excluding hydrogens is 272 g/mol. The summed E-state index contributed by atoms with van der Waals surface area (Å²) in [6, 6.07) is 0. The Morgan fingerprint density at radius 2 is 1.14 bits per heavy atom. The van der Waals surface area contributed by atoms with E-state index in [1.807, 2.05) is 6.08 Å². The summed E-state index contributed by atoms with van der Waals surface area (Å²) in [6.07, 6.45) is 22.7. The van der Waals surface area contributed by atoms with Gasteiger partial charge in [0.1, 0.15) is 0 Å². The van der Waals surface area contributed by atoms with Crippen molar-refractivity contribution in [1.82, 2.24) is 0 Å². The summed E-state index contributed by atoms with van der Waals surface area (Å²) in [7, 11) is 0. The van der Waals surface area contributed by atoms with Crippen LogP contribution in [-0.2, 0) is 0 Å². The smallest absolute Gasteiger partial charge is 0.0751 e. The van der Waals surface area contributed by atoms with Crippen molar-refractivity contribution in [3.05, 3.63) is 12.3 Å². The number of aliphatic hydroxyl groups excluding tert-OH is 2. The van der Waals surface area contributed by atoms with Gasteiger partial charge in [0.25, 0.3) is 0 Å². The Hall–Kier alpha value is -0.500. The number of hydrogen-bond donors (Lipinski definition) is 2. The summed E-state index contributed by atoms with van der Waals surface area (Å²) >= 11 is 0. The molecule has 1 unspecified atom stereocenters. The first-order chi connectivity index (χ1) is 10.8. The van der Waals surface area contributed by atoms with Crippen molar-refractivity contribution in [3.8, 4) is 0 Å². The second-order valence-corrected chi connectivity index (χ2v) is 6.65. The normalized spacial score (nSPS) is 13.0. The molecule has 132 valence electrons. The van der Waals surface area contributed by atoms with E-state index in [-0.39, 0.29) is 6.10 Å². The molecule has 0 aliphatic heterocycles. The molecule has 2 heteroatoms. The minimum atomic E-state index is -0.0511. The zero-order valence-corrected chi connectivity index (χ0v) is 14.9. The predicted octanol–water partition coefficient (Wildman–Crippen LogP) is 6.68. The van der Waals surface area contributed by atoms with Gasteiger partial charge in [-0.3, -0.25) is 0 Å². The summed E-state index contributed by atoms with van der Waals surface area (Å²) in [5.74, 6) is 0. The first-order valence-corrected chi connectivity index (χ1v) is 9.78. The van der Waals surface area contributed by atoms with Crippen molar-refractivity contribution in [3.63, 3.8) is 0 Å². The van der Waals surface area contributed by atoms with Gasteiger partial charge in [-0.15, -0.1) is 0 Å². The van der Waals surface area contributed by atoms with Gasteiger partial charge in [0.15, 0.2) is 0 Å². The molecule has 0 saturated carbocycles. The Morgan fingerprint density at radius 3 is 1.64 bits per heavy atom. The molecule has 0 radical (unpaired) electrons. The van der Waals surface area contributed by atoms with Crippen LogP contribution in [0, 0.1) is 0 Å². The van der Waals surface area contributed by atoms with Crippen LogP contribution in [0.15, 0.2) is 12.3 Å². The molecule has 0 fully saturated rings. The minimum absolute atomic E-state index is 0.0511. The highest BCUT2D eigenvalue weighted by Gasteiger charge is 2.03. The van der Waals surface area contributed by atoms with Gasteiger partial charge >= 0.3 is 0 Å². The molecule has 0 amide bonds. The van der Waals surface area contributed by atoms with Gasteiger partial charge in [-0.1, -0.05) is 90.0 Å². The summed E-state index contributed by atoms with van der Waals surface area (Å²) in [5.41, 5.74) is 0. The zero-order valence-electron chi connectivity index (χ0n) is 14.9.